The number of rotatable bonds is 5. The maximum absolute atomic E-state index is 13.4. The minimum atomic E-state index is -0.535. The minimum Gasteiger partial charge on any atom is -0.459 e. The predicted molar refractivity (Wildman–Crippen MR) is 123 cm³/mol. The summed E-state index contributed by atoms with van der Waals surface area (Å²) >= 11 is 7.08. The van der Waals surface area contributed by atoms with Gasteiger partial charge in [0.1, 0.15) is 11.6 Å². The lowest BCUT2D eigenvalue weighted by atomic mass is 10.2. The van der Waals surface area contributed by atoms with E-state index in [-0.39, 0.29) is 16.5 Å². The summed E-state index contributed by atoms with van der Waals surface area (Å²) in [5.41, 5.74) is 1.75. The molecule has 0 saturated heterocycles. The van der Waals surface area contributed by atoms with Crippen molar-refractivity contribution in [3.63, 3.8) is 0 Å². The standard InChI is InChI=1S/C23H13ClFN3O4S/c24-14-10-12(3-5-15(14)25)17-7-8-19(32-17)22(30)26-13-4-6-16-20(11-13)33-23(27-16)28-21(29)18-2-1-9-31-18/h1-11H,(H,26,30)(H,27,28,29). The number of carbonyl (C=O) groups is 2. The van der Waals surface area contributed by atoms with Crippen molar-refractivity contribution in [2.75, 3.05) is 10.6 Å². The number of fused-ring (bicyclic) bond motifs is 1. The summed E-state index contributed by atoms with van der Waals surface area (Å²) in [6.45, 7) is 0. The van der Waals surface area contributed by atoms with Gasteiger partial charge < -0.3 is 14.2 Å². The molecule has 0 aliphatic rings. The Kier molecular flexibility index (Phi) is 5.41. The molecule has 5 rings (SSSR count). The summed E-state index contributed by atoms with van der Waals surface area (Å²) in [5.74, 6) is -0.735. The average Bonchev–Trinajstić information content (AvgIpc) is 3.55. The van der Waals surface area contributed by atoms with Crippen molar-refractivity contribution in [3.05, 3.63) is 89.3 Å². The highest BCUT2D eigenvalue weighted by Gasteiger charge is 2.15. The molecule has 0 fully saturated rings. The number of hydrogen-bond donors (Lipinski definition) is 2. The van der Waals surface area contributed by atoms with E-state index < -0.39 is 17.6 Å². The number of nitrogens with one attached hydrogen (secondary N) is 2. The van der Waals surface area contributed by atoms with Crippen molar-refractivity contribution < 1.29 is 22.8 Å². The van der Waals surface area contributed by atoms with E-state index in [2.05, 4.69) is 15.6 Å². The Bertz CT molecular complexity index is 1490. The summed E-state index contributed by atoms with van der Waals surface area (Å²) < 4.78 is 24.8. The molecule has 2 aromatic carbocycles. The van der Waals surface area contributed by atoms with E-state index in [0.29, 0.717) is 27.7 Å². The Hall–Kier alpha value is -3.95. The number of benzene rings is 2. The van der Waals surface area contributed by atoms with Crippen LogP contribution in [0.4, 0.5) is 15.2 Å². The molecule has 3 heterocycles. The van der Waals surface area contributed by atoms with E-state index in [4.69, 9.17) is 20.4 Å². The van der Waals surface area contributed by atoms with Crippen LogP contribution in [0.25, 0.3) is 21.5 Å². The van der Waals surface area contributed by atoms with Crippen LogP contribution in [0.2, 0.25) is 5.02 Å². The van der Waals surface area contributed by atoms with Crippen LogP contribution in [0.3, 0.4) is 0 Å². The number of nitrogens with zero attached hydrogens (tertiary/aromatic N) is 1. The molecule has 0 saturated carbocycles. The van der Waals surface area contributed by atoms with Crippen molar-refractivity contribution in [3.8, 4) is 11.3 Å². The largest absolute Gasteiger partial charge is 0.459 e. The molecule has 164 valence electrons. The van der Waals surface area contributed by atoms with Crippen LogP contribution in [0.1, 0.15) is 21.1 Å². The highest BCUT2D eigenvalue weighted by molar-refractivity contribution is 7.22. The normalized spacial score (nSPS) is 11.0. The quantitative estimate of drug-likeness (QED) is 0.301. The second-order valence-corrected chi connectivity index (χ2v) is 8.32. The Labute approximate surface area is 194 Å². The molecule has 2 amide bonds. The zero-order valence-corrected chi connectivity index (χ0v) is 18.2. The van der Waals surface area contributed by atoms with Crippen molar-refractivity contribution in [2.24, 2.45) is 0 Å². The molecule has 0 aliphatic carbocycles. The SMILES string of the molecule is O=C(Nc1nc2ccc(NC(=O)c3ccc(-c4ccc(F)c(Cl)c4)o3)cc2s1)c1ccco1. The van der Waals surface area contributed by atoms with E-state index in [9.17, 15) is 14.0 Å². The monoisotopic (exact) mass is 481 g/mol. The Morgan fingerprint density at radius 1 is 0.970 bits per heavy atom. The van der Waals surface area contributed by atoms with Crippen LogP contribution in [0.15, 0.2) is 75.8 Å². The molecule has 0 bridgehead atoms. The lowest BCUT2D eigenvalue weighted by Gasteiger charge is -2.03. The molecule has 3 aromatic heterocycles. The van der Waals surface area contributed by atoms with E-state index in [1.807, 2.05) is 0 Å². The van der Waals surface area contributed by atoms with Gasteiger partial charge in [0.2, 0.25) is 0 Å². The molecule has 0 spiro atoms. The van der Waals surface area contributed by atoms with Crippen LogP contribution in [-0.4, -0.2) is 16.8 Å². The zero-order valence-electron chi connectivity index (χ0n) is 16.6. The molecular formula is C23H13ClFN3O4S. The third-order valence-corrected chi connectivity index (χ3v) is 5.87. The Morgan fingerprint density at radius 3 is 2.61 bits per heavy atom. The average molecular weight is 482 g/mol. The topological polar surface area (TPSA) is 97.4 Å². The van der Waals surface area contributed by atoms with Gasteiger partial charge in [-0.1, -0.05) is 22.9 Å². The first-order valence-corrected chi connectivity index (χ1v) is 10.8. The minimum absolute atomic E-state index is 0.0347. The first-order chi connectivity index (χ1) is 16.0. The van der Waals surface area contributed by atoms with Crippen LogP contribution < -0.4 is 10.6 Å². The number of hydrogen-bond acceptors (Lipinski definition) is 6. The highest BCUT2D eigenvalue weighted by Crippen LogP contribution is 2.30. The number of amides is 2. The molecule has 5 aromatic rings. The van der Waals surface area contributed by atoms with Gasteiger partial charge in [-0.25, -0.2) is 9.37 Å². The van der Waals surface area contributed by atoms with Crippen LogP contribution in [-0.2, 0) is 0 Å². The van der Waals surface area contributed by atoms with Gasteiger partial charge in [0.05, 0.1) is 21.5 Å². The summed E-state index contributed by atoms with van der Waals surface area (Å²) in [5, 5.41) is 5.82. The maximum atomic E-state index is 13.4. The van der Waals surface area contributed by atoms with Crippen LogP contribution in [0, 0.1) is 5.82 Å². The molecule has 10 heteroatoms. The number of carbonyl (C=O) groups excluding carboxylic acids is 2. The van der Waals surface area contributed by atoms with E-state index >= 15 is 0 Å². The fourth-order valence-corrected chi connectivity index (χ4v) is 4.16. The molecule has 0 unspecified atom stereocenters. The van der Waals surface area contributed by atoms with Crippen molar-refractivity contribution >= 4 is 55.8 Å². The van der Waals surface area contributed by atoms with Crippen molar-refractivity contribution in [2.45, 2.75) is 0 Å². The molecule has 0 radical (unpaired) electrons. The second kappa shape index (κ2) is 8.53. The van der Waals surface area contributed by atoms with Gasteiger partial charge in [-0.3, -0.25) is 14.9 Å². The fraction of sp³-hybridized carbons (Fsp3) is 0. The summed E-state index contributed by atoms with van der Waals surface area (Å²) in [6, 6.07) is 15.7. The number of thiazole rings is 1. The predicted octanol–water partition coefficient (Wildman–Crippen LogP) is 6.45. The number of halogens is 2. The summed E-state index contributed by atoms with van der Waals surface area (Å²) in [6.07, 6.45) is 1.42. The van der Waals surface area contributed by atoms with Crippen LogP contribution in [0.5, 0.6) is 0 Å². The summed E-state index contributed by atoms with van der Waals surface area (Å²) in [7, 11) is 0. The summed E-state index contributed by atoms with van der Waals surface area (Å²) in [4.78, 5) is 29.1. The number of anilines is 2. The number of furan rings is 2. The first-order valence-electron chi connectivity index (χ1n) is 9.58. The van der Waals surface area contributed by atoms with Crippen molar-refractivity contribution in [1.82, 2.24) is 4.98 Å². The first kappa shape index (κ1) is 20.9. The van der Waals surface area contributed by atoms with Gasteiger partial charge >= 0.3 is 0 Å². The lowest BCUT2D eigenvalue weighted by molar-refractivity contribution is 0.0989. The molecule has 0 atom stereocenters. The molecule has 33 heavy (non-hydrogen) atoms. The van der Waals surface area contributed by atoms with Gasteiger partial charge in [0, 0.05) is 11.3 Å². The van der Waals surface area contributed by atoms with Gasteiger partial charge in [-0.15, -0.1) is 0 Å². The second-order valence-electron chi connectivity index (χ2n) is 6.88. The maximum Gasteiger partial charge on any atom is 0.293 e. The van der Waals surface area contributed by atoms with E-state index in [1.54, 1.807) is 36.4 Å². The molecule has 2 N–H and O–H groups in total. The van der Waals surface area contributed by atoms with Crippen LogP contribution >= 0.6 is 22.9 Å². The lowest BCUT2D eigenvalue weighted by Crippen LogP contribution is -2.10. The molecule has 0 aliphatic heterocycles. The fourth-order valence-electron chi connectivity index (χ4n) is 3.08. The van der Waals surface area contributed by atoms with Gasteiger partial charge in [-0.2, -0.15) is 0 Å². The molecular weight excluding hydrogens is 469 g/mol. The smallest absolute Gasteiger partial charge is 0.293 e. The third-order valence-electron chi connectivity index (χ3n) is 4.65. The molecule has 7 nitrogen and oxygen atoms in total. The third kappa shape index (κ3) is 4.36. The zero-order chi connectivity index (χ0) is 22.9. The van der Waals surface area contributed by atoms with E-state index in [1.165, 1.54) is 41.9 Å². The highest BCUT2D eigenvalue weighted by atomic mass is 35.5. The van der Waals surface area contributed by atoms with E-state index in [0.717, 1.165) is 4.70 Å². The van der Waals surface area contributed by atoms with Gasteiger partial charge in [0.15, 0.2) is 16.7 Å². The van der Waals surface area contributed by atoms with Gasteiger partial charge in [-0.05, 0) is 60.7 Å². The number of aromatic nitrogens is 1. The Morgan fingerprint density at radius 2 is 1.82 bits per heavy atom. The van der Waals surface area contributed by atoms with Crippen molar-refractivity contribution in [1.29, 1.82) is 0 Å². The Balaban J connectivity index is 1.30. The van der Waals surface area contributed by atoms with Gasteiger partial charge in [0.25, 0.3) is 11.8 Å².